The van der Waals surface area contributed by atoms with E-state index in [2.05, 4.69) is 11.1 Å². The molecule has 2 aromatic carbocycles. The standard InChI is InChI=1S/C21H18ClN3O2S/c1-15-24-11-18(27-15)13-25(12-17-8-6-16(10-23)7-9-17)21(26)14-28-20-5-3-2-4-19(20)22/h2-9,11H,12-14H2,1H3. The SMILES string of the molecule is Cc1ncc(CN(Cc2ccc(C#N)cc2)C(=O)CSc2ccccc2Cl)o1. The molecule has 1 amide bonds. The number of aromatic nitrogens is 1. The molecule has 0 aliphatic rings. The van der Waals surface area contributed by atoms with E-state index in [4.69, 9.17) is 21.3 Å². The van der Waals surface area contributed by atoms with Crippen molar-refractivity contribution in [1.29, 1.82) is 5.26 Å². The fourth-order valence-electron chi connectivity index (χ4n) is 2.60. The Labute approximate surface area is 172 Å². The minimum atomic E-state index is -0.0386. The molecule has 0 unspecified atom stereocenters. The Morgan fingerprint density at radius 3 is 2.61 bits per heavy atom. The predicted molar refractivity (Wildman–Crippen MR) is 109 cm³/mol. The minimum absolute atomic E-state index is 0.0386. The first-order chi connectivity index (χ1) is 13.5. The average molecular weight is 412 g/mol. The predicted octanol–water partition coefficient (Wildman–Crippen LogP) is 4.83. The summed E-state index contributed by atoms with van der Waals surface area (Å²) in [5.41, 5.74) is 1.52. The molecule has 5 nitrogen and oxygen atoms in total. The van der Waals surface area contributed by atoms with Gasteiger partial charge in [0.15, 0.2) is 5.89 Å². The van der Waals surface area contributed by atoms with Gasteiger partial charge in [0.05, 0.1) is 35.1 Å². The van der Waals surface area contributed by atoms with Crippen molar-refractivity contribution in [3.05, 3.63) is 82.5 Å². The van der Waals surface area contributed by atoms with Gasteiger partial charge in [-0.15, -0.1) is 11.8 Å². The fourth-order valence-corrected chi connectivity index (χ4v) is 3.74. The lowest BCUT2D eigenvalue weighted by Gasteiger charge is -2.22. The summed E-state index contributed by atoms with van der Waals surface area (Å²) >= 11 is 7.59. The van der Waals surface area contributed by atoms with Gasteiger partial charge in [-0.2, -0.15) is 5.26 Å². The van der Waals surface area contributed by atoms with E-state index in [1.165, 1.54) is 11.8 Å². The van der Waals surface area contributed by atoms with Crippen LogP contribution in [0.5, 0.6) is 0 Å². The zero-order chi connectivity index (χ0) is 19.9. The van der Waals surface area contributed by atoms with Crippen LogP contribution in [0.4, 0.5) is 0 Å². The van der Waals surface area contributed by atoms with Gasteiger partial charge in [0.25, 0.3) is 0 Å². The fraction of sp³-hybridized carbons (Fsp3) is 0.190. The number of rotatable bonds is 7. The van der Waals surface area contributed by atoms with E-state index in [0.717, 1.165) is 10.5 Å². The summed E-state index contributed by atoms with van der Waals surface area (Å²) in [4.78, 5) is 19.6. The summed E-state index contributed by atoms with van der Waals surface area (Å²) in [6.07, 6.45) is 1.63. The average Bonchev–Trinajstić information content (AvgIpc) is 3.12. The van der Waals surface area contributed by atoms with Crippen molar-refractivity contribution in [2.24, 2.45) is 0 Å². The minimum Gasteiger partial charge on any atom is -0.444 e. The lowest BCUT2D eigenvalue weighted by atomic mass is 10.1. The number of amides is 1. The van der Waals surface area contributed by atoms with Crippen LogP contribution in [0.1, 0.15) is 22.8 Å². The van der Waals surface area contributed by atoms with E-state index in [-0.39, 0.29) is 11.7 Å². The molecular formula is C21H18ClN3O2S. The highest BCUT2D eigenvalue weighted by Crippen LogP contribution is 2.27. The van der Waals surface area contributed by atoms with Gasteiger partial charge in [-0.3, -0.25) is 4.79 Å². The van der Waals surface area contributed by atoms with Gasteiger partial charge in [-0.1, -0.05) is 35.9 Å². The molecule has 0 aliphatic carbocycles. The van der Waals surface area contributed by atoms with Gasteiger partial charge < -0.3 is 9.32 Å². The molecule has 3 aromatic rings. The second-order valence-electron chi connectivity index (χ2n) is 6.12. The highest BCUT2D eigenvalue weighted by Gasteiger charge is 2.17. The number of nitriles is 1. The van der Waals surface area contributed by atoms with Crippen molar-refractivity contribution in [2.45, 2.75) is 24.9 Å². The Morgan fingerprint density at radius 1 is 1.21 bits per heavy atom. The highest BCUT2D eigenvalue weighted by molar-refractivity contribution is 8.00. The van der Waals surface area contributed by atoms with Crippen LogP contribution in [0.3, 0.4) is 0 Å². The third kappa shape index (κ3) is 5.38. The Balaban J connectivity index is 1.73. The van der Waals surface area contributed by atoms with Crippen LogP contribution in [-0.2, 0) is 17.9 Å². The number of halogens is 1. The molecule has 0 aliphatic heterocycles. The second kappa shape index (κ2) is 9.45. The van der Waals surface area contributed by atoms with Crippen LogP contribution in [0.15, 0.2) is 64.0 Å². The molecule has 28 heavy (non-hydrogen) atoms. The smallest absolute Gasteiger partial charge is 0.233 e. The largest absolute Gasteiger partial charge is 0.444 e. The highest BCUT2D eigenvalue weighted by atomic mass is 35.5. The number of thioether (sulfide) groups is 1. The Bertz CT molecular complexity index is 995. The number of oxazole rings is 1. The summed E-state index contributed by atoms with van der Waals surface area (Å²) in [7, 11) is 0. The molecule has 0 saturated carbocycles. The number of carbonyl (C=O) groups excluding carboxylic acids is 1. The van der Waals surface area contributed by atoms with Crippen molar-refractivity contribution in [3.63, 3.8) is 0 Å². The number of benzene rings is 2. The zero-order valence-electron chi connectivity index (χ0n) is 15.3. The van der Waals surface area contributed by atoms with E-state index in [1.54, 1.807) is 36.2 Å². The molecular weight excluding hydrogens is 394 g/mol. The first-order valence-corrected chi connectivity index (χ1v) is 9.97. The zero-order valence-corrected chi connectivity index (χ0v) is 16.8. The monoisotopic (exact) mass is 411 g/mol. The Kier molecular flexibility index (Phi) is 6.75. The molecule has 0 N–H and O–H groups in total. The van der Waals surface area contributed by atoms with Gasteiger partial charge >= 0.3 is 0 Å². The van der Waals surface area contributed by atoms with Crippen LogP contribution in [0, 0.1) is 18.3 Å². The summed E-state index contributed by atoms with van der Waals surface area (Å²) in [5.74, 6) is 1.41. The Morgan fingerprint density at radius 2 is 1.96 bits per heavy atom. The lowest BCUT2D eigenvalue weighted by Crippen LogP contribution is -2.31. The van der Waals surface area contributed by atoms with Gasteiger partial charge in [-0.25, -0.2) is 4.98 Å². The summed E-state index contributed by atoms with van der Waals surface area (Å²) in [6, 6.07) is 16.7. The van der Waals surface area contributed by atoms with Crippen molar-refractivity contribution < 1.29 is 9.21 Å². The molecule has 0 radical (unpaired) electrons. The normalized spacial score (nSPS) is 10.5. The molecule has 142 valence electrons. The number of carbonyl (C=O) groups is 1. The van der Waals surface area contributed by atoms with Gasteiger partial charge in [-0.05, 0) is 29.8 Å². The topological polar surface area (TPSA) is 70.1 Å². The third-order valence-corrected chi connectivity index (χ3v) is 5.51. The maximum Gasteiger partial charge on any atom is 0.233 e. The molecule has 0 spiro atoms. The van der Waals surface area contributed by atoms with Crippen LogP contribution < -0.4 is 0 Å². The van der Waals surface area contributed by atoms with E-state index < -0.39 is 0 Å². The van der Waals surface area contributed by atoms with Crippen LogP contribution in [-0.4, -0.2) is 21.5 Å². The Hall–Kier alpha value is -2.75. The second-order valence-corrected chi connectivity index (χ2v) is 7.55. The summed E-state index contributed by atoms with van der Waals surface area (Å²) in [5, 5.41) is 9.58. The maximum atomic E-state index is 12.9. The molecule has 7 heteroatoms. The molecule has 0 bridgehead atoms. The number of aryl methyl sites for hydroxylation is 1. The van der Waals surface area contributed by atoms with Crippen molar-refractivity contribution in [3.8, 4) is 6.07 Å². The first kappa shape index (κ1) is 20.0. The van der Waals surface area contributed by atoms with Crippen LogP contribution in [0.2, 0.25) is 5.02 Å². The lowest BCUT2D eigenvalue weighted by molar-refractivity contribution is -0.129. The van der Waals surface area contributed by atoms with E-state index in [0.29, 0.717) is 35.3 Å². The number of hydrogen-bond acceptors (Lipinski definition) is 5. The van der Waals surface area contributed by atoms with E-state index in [1.807, 2.05) is 30.3 Å². The van der Waals surface area contributed by atoms with Crippen molar-refractivity contribution in [1.82, 2.24) is 9.88 Å². The van der Waals surface area contributed by atoms with Gasteiger partial charge in [0.2, 0.25) is 5.91 Å². The van der Waals surface area contributed by atoms with Crippen LogP contribution >= 0.6 is 23.4 Å². The molecule has 1 aromatic heterocycles. The van der Waals surface area contributed by atoms with E-state index >= 15 is 0 Å². The van der Waals surface area contributed by atoms with E-state index in [9.17, 15) is 4.79 Å². The summed E-state index contributed by atoms with van der Waals surface area (Å²) in [6.45, 7) is 2.50. The number of hydrogen-bond donors (Lipinski definition) is 0. The van der Waals surface area contributed by atoms with Crippen LogP contribution in [0.25, 0.3) is 0 Å². The molecule has 3 rings (SSSR count). The van der Waals surface area contributed by atoms with Crippen molar-refractivity contribution >= 4 is 29.3 Å². The summed E-state index contributed by atoms with van der Waals surface area (Å²) < 4.78 is 5.54. The maximum absolute atomic E-state index is 12.9. The third-order valence-electron chi connectivity index (χ3n) is 4.01. The molecule has 0 atom stereocenters. The molecule has 0 saturated heterocycles. The molecule has 1 heterocycles. The first-order valence-electron chi connectivity index (χ1n) is 8.60. The van der Waals surface area contributed by atoms with Gasteiger partial charge in [0.1, 0.15) is 5.76 Å². The molecule has 0 fully saturated rings. The van der Waals surface area contributed by atoms with Crippen molar-refractivity contribution in [2.75, 3.05) is 5.75 Å². The van der Waals surface area contributed by atoms with Gasteiger partial charge in [0, 0.05) is 18.4 Å². The number of nitrogens with zero attached hydrogens (tertiary/aromatic N) is 3. The quantitative estimate of drug-likeness (QED) is 0.521.